The van der Waals surface area contributed by atoms with Crippen molar-refractivity contribution in [3.63, 3.8) is 0 Å². The van der Waals surface area contributed by atoms with E-state index in [2.05, 4.69) is 13.2 Å². The van der Waals surface area contributed by atoms with Gasteiger partial charge in [-0.05, 0) is 59.5 Å². The van der Waals surface area contributed by atoms with Gasteiger partial charge in [0, 0.05) is 11.6 Å². The Bertz CT molecular complexity index is 1360. The first-order valence-corrected chi connectivity index (χ1v) is 11.0. The predicted molar refractivity (Wildman–Crippen MR) is 138 cm³/mol. The fraction of sp³-hybridized carbons (Fsp3) is 0.0667. The molecule has 0 saturated heterocycles. The van der Waals surface area contributed by atoms with Crippen molar-refractivity contribution < 1.29 is 32.2 Å². The van der Waals surface area contributed by atoms with Gasteiger partial charge in [-0.3, -0.25) is 0 Å². The summed E-state index contributed by atoms with van der Waals surface area (Å²) in [4.78, 5) is 22.8. The van der Waals surface area contributed by atoms with E-state index in [0.29, 0.717) is 22.6 Å². The maximum atomic E-state index is 13.8. The molecule has 0 amide bonds. The number of carbonyl (C=O) groups excluding carboxylic acids is 2. The summed E-state index contributed by atoms with van der Waals surface area (Å²) in [5.41, 5.74) is 1.23. The largest absolute Gasteiger partial charge is 0.423 e. The Morgan fingerprint density at radius 2 is 1.24 bits per heavy atom. The van der Waals surface area contributed by atoms with Crippen LogP contribution in [0.3, 0.4) is 0 Å². The van der Waals surface area contributed by atoms with E-state index in [1.54, 1.807) is 60.7 Å². The third-order valence-corrected chi connectivity index (χ3v) is 5.01. The minimum absolute atomic E-state index is 0.00972. The number of ether oxygens (including phenoxy) is 2. The summed E-state index contributed by atoms with van der Waals surface area (Å²) in [6.07, 6.45) is 2.64. The SMILES string of the molecule is C=CC(=O)Oc1ccc(C=Cc2ccc(C=Cc3ccc(OC(=O)C(=C)C)cc3)cc2C(F)(F)F)cc1. The lowest BCUT2D eigenvalue weighted by atomic mass is 10.0. The molecule has 0 aliphatic carbocycles. The molecule has 3 aromatic carbocycles. The van der Waals surface area contributed by atoms with Gasteiger partial charge in [0.25, 0.3) is 0 Å². The first kappa shape index (κ1) is 26.9. The molecule has 0 saturated carbocycles. The van der Waals surface area contributed by atoms with E-state index in [9.17, 15) is 22.8 Å². The molecule has 0 spiro atoms. The van der Waals surface area contributed by atoms with Crippen LogP contribution in [0.4, 0.5) is 13.2 Å². The standard InChI is InChI=1S/C30H23F3O4/c1-4-28(34)36-25-15-9-22(10-16-25)7-13-24-14-8-23(19-27(24)30(31,32)33)6-5-21-11-17-26(18-12-21)37-29(35)20(2)3/h4-19H,1-2H2,3H3. The van der Waals surface area contributed by atoms with Gasteiger partial charge >= 0.3 is 18.1 Å². The first-order valence-electron chi connectivity index (χ1n) is 11.0. The molecule has 0 atom stereocenters. The van der Waals surface area contributed by atoms with Crippen LogP contribution in [0.5, 0.6) is 11.5 Å². The van der Waals surface area contributed by atoms with Gasteiger partial charge in [0.1, 0.15) is 11.5 Å². The summed E-state index contributed by atoms with van der Waals surface area (Å²) >= 11 is 0. The van der Waals surface area contributed by atoms with Crippen LogP contribution in [0.25, 0.3) is 24.3 Å². The average molecular weight is 505 g/mol. The lowest BCUT2D eigenvalue weighted by Crippen LogP contribution is -2.07. The Kier molecular flexibility index (Phi) is 8.64. The minimum Gasteiger partial charge on any atom is -0.423 e. The van der Waals surface area contributed by atoms with Gasteiger partial charge in [0.15, 0.2) is 0 Å². The van der Waals surface area contributed by atoms with Gasteiger partial charge < -0.3 is 9.47 Å². The summed E-state index contributed by atoms with van der Waals surface area (Å²) in [6.45, 7) is 8.37. The van der Waals surface area contributed by atoms with Crippen LogP contribution < -0.4 is 9.47 Å². The normalized spacial score (nSPS) is 11.5. The highest BCUT2D eigenvalue weighted by atomic mass is 19.4. The Balaban J connectivity index is 1.76. The van der Waals surface area contributed by atoms with E-state index in [0.717, 1.165) is 17.7 Å². The summed E-state index contributed by atoms with van der Waals surface area (Å²) in [6, 6.07) is 16.9. The molecular weight excluding hydrogens is 481 g/mol. The van der Waals surface area contributed by atoms with E-state index in [4.69, 9.17) is 9.47 Å². The number of benzene rings is 3. The van der Waals surface area contributed by atoms with Crippen molar-refractivity contribution >= 4 is 36.2 Å². The molecule has 37 heavy (non-hydrogen) atoms. The number of esters is 2. The molecular formula is C30H23F3O4. The second-order valence-corrected chi connectivity index (χ2v) is 7.94. The van der Waals surface area contributed by atoms with Crippen molar-refractivity contribution in [2.75, 3.05) is 0 Å². The first-order chi connectivity index (χ1) is 17.5. The molecule has 0 aliphatic rings. The maximum absolute atomic E-state index is 13.8. The van der Waals surface area contributed by atoms with Crippen LogP contribution in [-0.2, 0) is 15.8 Å². The van der Waals surface area contributed by atoms with Crippen LogP contribution in [0, 0.1) is 0 Å². The summed E-state index contributed by atoms with van der Waals surface area (Å²) in [5.74, 6) is -0.499. The second kappa shape index (κ2) is 11.9. The zero-order chi connectivity index (χ0) is 27.0. The molecule has 0 bridgehead atoms. The molecule has 0 N–H and O–H groups in total. The quantitative estimate of drug-likeness (QED) is 0.137. The monoisotopic (exact) mass is 504 g/mol. The van der Waals surface area contributed by atoms with Gasteiger partial charge in [-0.25, -0.2) is 9.59 Å². The molecule has 4 nitrogen and oxygen atoms in total. The molecule has 0 aliphatic heterocycles. The topological polar surface area (TPSA) is 52.6 Å². The zero-order valence-electron chi connectivity index (χ0n) is 19.9. The lowest BCUT2D eigenvalue weighted by molar-refractivity contribution is -0.137. The number of halogens is 3. The highest BCUT2D eigenvalue weighted by molar-refractivity contribution is 5.88. The third-order valence-electron chi connectivity index (χ3n) is 5.01. The van der Waals surface area contributed by atoms with Gasteiger partial charge in [0.05, 0.1) is 5.56 Å². The third kappa shape index (κ3) is 7.93. The summed E-state index contributed by atoms with van der Waals surface area (Å²) in [7, 11) is 0. The number of alkyl halides is 3. The van der Waals surface area contributed by atoms with Crippen molar-refractivity contribution in [3.8, 4) is 11.5 Å². The van der Waals surface area contributed by atoms with Crippen LogP contribution in [0.15, 0.2) is 91.5 Å². The number of carbonyl (C=O) groups is 2. The Morgan fingerprint density at radius 3 is 1.76 bits per heavy atom. The van der Waals surface area contributed by atoms with Crippen molar-refractivity contribution in [1.82, 2.24) is 0 Å². The molecule has 0 unspecified atom stereocenters. The molecule has 3 rings (SSSR count). The van der Waals surface area contributed by atoms with Crippen molar-refractivity contribution in [2.45, 2.75) is 13.1 Å². The van der Waals surface area contributed by atoms with Crippen molar-refractivity contribution in [3.05, 3.63) is 119 Å². The molecule has 7 heteroatoms. The zero-order valence-corrected chi connectivity index (χ0v) is 19.9. The fourth-order valence-corrected chi connectivity index (χ4v) is 3.09. The smallest absolute Gasteiger partial charge is 0.417 e. The molecule has 0 aromatic heterocycles. The van der Waals surface area contributed by atoms with Gasteiger partial charge in [-0.2, -0.15) is 13.2 Å². The summed E-state index contributed by atoms with van der Waals surface area (Å²) in [5, 5.41) is 0. The number of rotatable bonds is 8. The minimum atomic E-state index is -4.55. The fourth-order valence-electron chi connectivity index (χ4n) is 3.09. The molecule has 0 heterocycles. The van der Waals surface area contributed by atoms with Gasteiger partial charge in [-0.15, -0.1) is 0 Å². The number of hydrogen-bond donors (Lipinski definition) is 0. The van der Waals surface area contributed by atoms with E-state index >= 15 is 0 Å². The van der Waals surface area contributed by atoms with E-state index in [1.807, 2.05) is 0 Å². The van der Waals surface area contributed by atoms with Crippen LogP contribution in [-0.4, -0.2) is 11.9 Å². The van der Waals surface area contributed by atoms with E-state index in [1.165, 1.54) is 31.2 Å². The van der Waals surface area contributed by atoms with Gasteiger partial charge in [0.2, 0.25) is 0 Å². The second-order valence-electron chi connectivity index (χ2n) is 7.94. The Labute approximate surface area is 212 Å². The molecule has 0 radical (unpaired) electrons. The molecule has 188 valence electrons. The Morgan fingerprint density at radius 1 is 0.757 bits per heavy atom. The van der Waals surface area contributed by atoms with Crippen molar-refractivity contribution in [1.29, 1.82) is 0 Å². The summed E-state index contributed by atoms with van der Waals surface area (Å²) < 4.78 is 51.4. The predicted octanol–water partition coefficient (Wildman–Crippen LogP) is 7.62. The average Bonchev–Trinajstić information content (AvgIpc) is 2.87. The van der Waals surface area contributed by atoms with Gasteiger partial charge in [-0.1, -0.05) is 73.9 Å². The van der Waals surface area contributed by atoms with E-state index < -0.39 is 23.7 Å². The van der Waals surface area contributed by atoms with Crippen molar-refractivity contribution in [2.24, 2.45) is 0 Å². The maximum Gasteiger partial charge on any atom is 0.417 e. The highest BCUT2D eigenvalue weighted by Crippen LogP contribution is 2.34. The molecule has 3 aromatic rings. The van der Waals surface area contributed by atoms with Crippen LogP contribution in [0.2, 0.25) is 0 Å². The van der Waals surface area contributed by atoms with Crippen LogP contribution >= 0.6 is 0 Å². The Hall–Kier alpha value is -4.65. The van der Waals surface area contributed by atoms with Crippen LogP contribution in [0.1, 0.15) is 34.7 Å². The van der Waals surface area contributed by atoms with E-state index in [-0.39, 0.29) is 11.1 Å². The lowest BCUT2D eigenvalue weighted by Gasteiger charge is -2.11. The highest BCUT2D eigenvalue weighted by Gasteiger charge is 2.32. The molecule has 0 fully saturated rings. The number of hydrogen-bond acceptors (Lipinski definition) is 4.